The maximum Gasteiger partial charge on any atom is 0.229 e. The van der Waals surface area contributed by atoms with Gasteiger partial charge in [0.2, 0.25) is 5.91 Å². The third kappa shape index (κ3) is 3.72. The lowest BCUT2D eigenvalue weighted by Crippen LogP contribution is -2.22. The van der Waals surface area contributed by atoms with Gasteiger partial charge in [0.1, 0.15) is 22.8 Å². The third-order valence-electron chi connectivity index (χ3n) is 5.49. The molecule has 3 heterocycles. The Morgan fingerprint density at radius 2 is 1.82 bits per heavy atom. The molecule has 0 aliphatic carbocycles. The van der Waals surface area contributed by atoms with Crippen LogP contribution in [0.5, 0.6) is 0 Å². The molecule has 0 aliphatic heterocycles. The number of aromatic nitrogens is 4. The van der Waals surface area contributed by atoms with Gasteiger partial charge in [0, 0.05) is 12.6 Å². The molecule has 1 atom stereocenters. The number of benzene rings is 2. The molecule has 5 aromatic rings. The summed E-state index contributed by atoms with van der Waals surface area (Å²) in [4.78, 5) is 27.1. The van der Waals surface area contributed by atoms with Crippen LogP contribution in [0.15, 0.2) is 67.3 Å². The van der Waals surface area contributed by atoms with Gasteiger partial charge in [0.25, 0.3) is 0 Å². The highest BCUT2D eigenvalue weighted by molar-refractivity contribution is 7.21. The number of anilines is 1. The lowest BCUT2D eigenvalue weighted by Gasteiger charge is -2.15. The summed E-state index contributed by atoms with van der Waals surface area (Å²) in [6.07, 6.45) is 3.18. The van der Waals surface area contributed by atoms with Crippen molar-refractivity contribution in [1.29, 1.82) is 0 Å². The molecule has 9 heteroatoms. The van der Waals surface area contributed by atoms with Gasteiger partial charge in [-0.2, -0.15) is 0 Å². The predicted molar refractivity (Wildman–Crippen MR) is 127 cm³/mol. The first-order valence-corrected chi connectivity index (χ1v) is 10.9. The standard InChI is InChI=1S/C24H19FN6OS/c1-31-12-30-20(21(31)18-10-17-22(26)28-11-29-24(17)33-18)15-6-2-4-13(8-15)19(23(27)32)14-5-3-7-16(25)9-14/h2-12,19H,1H3,(H2,27,32)(H2,26,28,29). The first kappa shape index (κ1) is 20.8. The fourth-order valence-electron chi connectivity index (χ4n) is 4.00. The Labute approximate surface area is 192 Å². The van der Waals surface area contributed by atoms with Crippen LogP contribution in [0, 0.1) is 5.82 Å². The van der Waals surface area contributed by atoms with Gasteiger partial charge in [-0.05, 0) is 35.4 Å². The number of carbonyl (C=O) groups excluding carboxylic acids is 1. The highest BCUT2D eigenvalue weighted by Crippen LogP contribution is 2.39. The van der Waals surface area contributed by atoms with E-state index in [0.29, 0.717) is 16.9 Å². The van der Waals surface area contributed by atoms with E-state index in [1.54, 1.807) is 18.5 Å². The number of rotatable bonds is 5. The van der Waals surface area contributed by atoms with Crippen LogP contribution in [0.25, 0.3) is 32.0 Å². The van der Waals surface area contributed by atoms with E-state index in [1.807, 2.05) is 41.9 Å². The molecule has 0 radical (unpaired) electrons. The van der Waals surface area contributed by atoms with Crippen LogP contribution in [0.3, 0.4) is 0 Å². The fraction of sp³-hybridized carbons (Fsp3) is 0.0833. The molecule has 2 aromatic carbocycles. The predicted octanol–water partition coefficient (Wildman–Crippen LogP) is 4.10. The molecule has 7 nitrogen and oxygen atoms in total. The molecule has 0 fully saturated rings. The third-order valence-corrected chi connectivity index (χ3v) is 6.54. The van der Waals surface area contributed by atoms with Crippen molar-refractivity contribution in [3.05, 3.63) is 84.2 Å². The molecule has 0 saturated carbocycles. The van der Waals surface area contributed by atoms with Crippen molar-refractivity contribution in [2.24, 2.45) is 12.8 Å². The van der Waals surface area contributed by atoms with Gasteiger partial charge in [0.05, 0.1) is 33.9 Å². The Morgan fingerprint density at radius 1 is 1.06 bits per heavy atom. The lowest BCUT2D eigenvalue weighted by atomic mass is 9.89. The van der Waals surface area contributed by atoms with Gasteiger partial charge < -0.3 is 16.0 Å². The largest absolute Gasteiger partial charge is 0.383 e. The second-order valence-electron chi connectivity index (χ2n) is 7.66. The first-order chi connectivity index (χ1) is 15.9. The molecule has 33 heavy (non-hydrogen) atoms. The molecule has 0 spiro atoms. The second kappa shape index (κ2) is 8.10. The normalized spacial score (nSPS) is 12.2. The maximum atomic E-state index is 13.8. The molecular weight excluding hydrogens is 439 g/mol. The van der Waals surface area contributed by atoms with E-state index in [2.05, 4.69) is 15.0 Å². The van der Waals surface area contributed by atoms with Crippen LogP contribution in [-0.4, -0.2) is 25.4 Å². The van der Waals surface area contributed by atoms with Crippen LogP contribution in [0.1, 0.15) is 17.0 Å². The van der Waals surface area contributed by atoms with Crippen LogP contribution >= 0.6 is 11.3 Å². The van der Waals surface area contributed by atoms with Crippen LogP contribution in [0.4, 0.5) is 10.2 Å². The Balaban J connectivity index is 1.62. The van der Waals surface area contributed by atoms with E-state index in [1.165, 1.54) is 29.8 Å². The molecule has 5 rings (SSSR count). The number of fused-ring (bicyclic) bond motifs is 1. The Bertz CT molecular complexity index is 1510. The number of aryl methyl sites for hydroxylation is 1. The zero-order valence-electron chi connectivity index (χ0n) is 17.6. The van der Waals surface area contributed by atoms with Gasteiger partial charge >= 0.3 is 0 Å². The summed E-state index contributed by atoms with van der Waals surface area (Å²) in [6.45, 7) is 0. The van der Waals surface area contributed by atoms with Gasteiger partial charge in [-0.15, -0.1) is 11.3 Å². The van der Waals surface area contributed by atoms with Gasteiger partial charge in [-0.25, -0.2) is 19.3 Å². The van der Waals surface area contributed by atoms with Crippen molar-refractivity contribution < 1.29 is 9.18 Å². The zero-order valence-corrected chi connectivity index (χ0v) is 18.4. The van der Waals surface area contributed by atoms with Gasteiger partial charge in [-0.1, -0.05) is 30.3 Å². The summed E-state index contributed by atoms with van der Waals surface area (Å²) in [6, 6.07) is 15.3. The van der Waals surface area contributed by atoms with Crippen molar-refractivity contribution in [3.63, 3.8) is 0 Å². The summed E-state index contributed by atoms with van der Waals surface area (Å²) < 4.78 is 15.8. The average Bonchev–Trinajstić information content (AvgIpc) is 3.38. The quantitative estimate of drug-likeness (QED) is 0.412. The molecule has 3 aromatic heterocycles. The second-order valence-corrected chi connectivity index (χ2v) is 8.69. The van der Waals surface area contributed by atoms with E-state index >= 15 is 0 Å². The van der Waals surface area contributed by atoms with Gasteiger partial charge in [0.15, 0.2) is 0 Å². The average molecular weight is 459 g/mol. The minimum atomic E-state index is -0.785. The smallest absolute Gasteiger partial charge is 0.229 e. The molecule has 164 valence electrons. The van der Waals surface area contributed by atoms with E-state index in [0.717, 1.165) is 32.0 Å². The number of nitrogens with zero attached hydrogens (tertiary/aromatic N) is 4. The number of imidazole rings is 1. The summed E-state index contributed by atoms with van der Waals surface area (Å²) in [5.41, 5.74) is 15.3. The number of nitrogen functional groups attached to an aromatic ring is 1. The lowest BCUT2D eigenvalue weighted by molar-refractivity contribution is -0.118. The monoisotopic (exact) mass is 458 g/mol. The number of amides is 1. The molecule has 0 saturated heterocycles. The molecule has 1 amide bonds. The molecule has 0 bridgehead atoms. The number of halogens is 1. The van der Waals surface area contributed by atoms with Gasteiger partial charge in [-0.3, -0.25) is 4.79 Å². The van der Waals surface area contributed by atoms with Crippen molar-refractivity contribution in [2.75, 3.05) is 5.73 Å². The number of nitrogens with two attached hydrogens (primary N) is 2. The van der Waals surface area contributed by atoms with E-state index in [4.69, 9.17) is 11.5 Å². The van der Waals surface area contributed by atoms with E-state index in [9.17, 15) is 9.18 Å². The van der Waals surface area contributed by atoms with Crippen molar-refractivity contribution in [3.8, 4) is 21.8 Å². The summed E-state index contributed by atoms with van der Waals surface area (Å²) in [5.74, 6) is -1.34. The van der Waals surface area contributed by atoms with E-state index in [-0.39, 0.29) is 0 Å². The van der Waals surface area contributed by atoms with Crippen molar-refractivity contribution in [1.82, 2.24) is 19.5 Å². The van der Waals surface area contributed by atoms with Crippen molar-refractivity contribution >= 4 is 33.3 Å². The highest BCUT2D eigenvalue weighted by atomic mass is 32.1. The first-order valence-electron chi connectivity index (χ1n) is 10.1. The van der Waals surface area contributed by atoms with Crippen LogP contribution in [0.2, 0.25) is 0 Å². The van der Waals surface area contributed by atoms with Crippen LogP contribution < -0.4 is 11.5 Å². The Morgan fingerprint density at radius 3 is 2.55 bits per heavy atom. The molecule has 4 N–H and O–H groups in total. The Kier molecular flexibility index (Phi) is 5.10. The topological polar surface area (TPSA) is 113 Å². The number of primary amides is 1. The SMILES string of the molecule is Cn1cnc(-c2cccc(C(C(N)=O)c3cccc(F)c3)c2)c1-c1cc2c(N)ncnc2s1. The summed E-state index contributed by atoms with van der Waals surface area (Å²) in [7, 11) is 1.91. The van der Waals surface area contributed by atoms with Crippen molar-refractivity contribution in [2.45, 2.75) is 5.92 Å². The minimum absolute atomic E-state index is 0.422. The highest BCUT2D eigenvalue weighted by Gasteiger charge is 2.23. The summed E-state index contributed by atoms with van der Waals surface area (Å²) in [5, 5.41) is 0.790. The maximum absolute atomic E-state index is 13.8. The molecule has 0 aliphatic rings. The molecular formula is C24H19FN6OS. The number of hydrogen-bond donors (Lipinski definition) is 2. The fourth-order valence-corrected chi connectivity index (χ4v) is 5.09. The van der Waals surface area contributed by atoms with E-state index < -0.39 is 17.6 Å². The molecule has 1 unspecified atom stereocenters. The number of hydrogen-bond acceptors (Lipinski definition) is 6. The number of carbonyl (C=O) groups is 1. The minimum Gasteiger partial charge on any atom is -0.383 e. The summed E-state index contributed by atoms with van der Waals surface area (Å²) >= 11 is 1.50. The number of thiophene rings is 1. The zero-order chi connectivity index (χ0) is 23.1. The Hall–Kier alpha value is -4.11. The van der Waals surface area contributed by atoms with Crippen LogP contribution in [-0.2, 0) is 11.8 Å².